The summed E-state index contributed by atoms with van der Waals surface area (Å²) in [6, 6.07) is 7.15. The first-order valence-electron chi connectivity index (χ1n) is 9.03. The quantitative estimate of drug-likeness (QED) is 0.312. The van der Waals surface area contributed by atoms with E-state index in [1.54, 1.807) is 30.3 Å². The highest BCUT2D eigenvalue weighted by Gasteiger charge is 2.41. The molecule has 0 saturated carbocycles. The molecule has 168 valence electrons. The van der Waals surface area contributed by atoms with E-state index in [9.17, 15) is 14.4 Å². The Morgan fingerprint density at radius 1 is 1.06 bits per heavy atom. The van der Waals surface area contributed by atoms with Crippen molar-refractivity contribution in [2.24, 2.45) is 0 Å². The Labute approximate surface area is 208 Å². The predicted molar refractivity (Wildman–Crippen MR) is 127 cm³/mol. The first-order chi connectivity index (χ1) is 15.1. The minimum absolute atomic E-state index is 0.127. The third-order valence-corrected chi connectivity index (χ3v) is 6.62. The van der Waals surface area contributed by atoms with Gasteiger partial charge in [0, 0.05) is 0 Å². The lowest BCUT2D eigenvalue weighted by molar-refractivity contribution is -0.148. The Balaban J connectivity index is 1.79. The Hall–Kier alpha value is -1.90. The average molecular weight is 535 g/mol. The van der Waals surface area contributed by atoms with Gasteiger partial charge in [-0.3, -0.25) is 14.5 Å². The largest absolute Gasteiger partial charge is 0.486 e. The standard InChI is InChI=1S/C21H15Cl4NO5S/c1-10(20(28)30-2)26-19(27)17(32-21(26)29)8-12-6-15(24)18(16(25)7-12)31-9-11-3-4-13(22)14(23)5-11/h3-8,10H,9H2,1-2H3/b17-8+/t10-/m0/s1. The van der Waals surface area contributed by atoms with Gasteiger partial charge in [0.15, 0.2) is 5.75 Å². The summed E-state index contributed by atoms with van der Waals surface area (Å²) in [5, 5.41) is 0.687. The van der Waals surface area contributed by atoms with Crippen LogP contribution in [0.2, 0.25) is 20.1 Å². The molecule has 32 heavy (non-hydrogen) atoms. The Morgan fingerprint density at radius 3 is 2.31 bits per heavy atom. The summed E-state index contributed by atoms with van der Waals surface area (Å²) in [5.74, 6) is -1.04. The highest BCUT2D eigenvalue weighted by Crippen LogP contribution is 2.38. The molecule has 1 aliphatic heterocycles. The van der Waals surface area contributed by atoms with Crippen LogP contribution in [0.3, 0.4) is 0 Å². The number of methoxy groups -OCH3 is 1. The summed E-state index contributed by atoms with van der Waals surface area (Å²) in [7, 11) is 1.18. The molecule has 1 aliphatic rings. The van der Waals surface area contributed by atoms with Gasteiger partial charge in [-0.15, -0.1) is 0 Å². The number of carbonyl (C=O) groups is 3. The van der Waals surface area contributed by atoms with Crippen molar-refractivity contribution < 1.29 is 23.9 Å². The van der Waals surface area contributed by atoms with E-state index < -0.39 is 23.2 Å². The van der Waals surface area contributed by atoms with Crippen molar-refractivity contribution in [3.63, 3.8) is 0 Å². The molecule has 2 aromatic carbocycles. The number of hydrogen-bond donors (Lipinski definition) is 0. The summed E-state index contributed by atoms with van der Waals surface area (Å²) in [5.41, 5.74) is 1.25. The van der Waals surface area contributed by atoms with Crippen LogP contribution in [-0.2, 0) is 20.9 Å². The topological polar surface area (TPSA) is 72.9 Å². The van der Waals surface area contributed by atoms with Crippen molar-refractivity contribution in [2.75, 3.05) is 7.11 Å². The van der Waals surface area contributed by atoms with E-state index in [0.29, 0.717) is 27.4 Å². The normalized spacial score (nSPS) is 15.9. The lowest BCUT2D eigenvalue weighted by Gasteiger charge is -2.18. The van der Waals surface area contributed by atoms with Gasteiger partial charge in [-0.1, -0.05) is 52.5 Å². The second-order valence-electron chi connectivity index (χ2n) is 6.60. The number of imide groups is 1. The van der Waals surface area contributed by atoms with Crippen molar-refractivity contribution in [1.29, 1.82) is 0 Å². The number of benzene rings is 2. The molecular weight excluding hydrogens is 520 g/mol. The van der Waals surface area contributed by atoms with Gasteiger partial charge in [-0.05, 0) is 60.2 Å². The first kappa shape index (κ1) is 24.7. The van der Waals surface area contributed by atoms with Crippen LogP contribution in [0.5, 0.6) is 5.75 Å². The van der Waals surface area contributed by atoms with Crippen LogP contribution >= 0.6 is 58.2 Å². The Morgan fingerprint density at radius 2 is 1.72 bits per heavy atom. The first-order valence-corrected chi connectivity index (χ1v) is 11.4. The number of hydrogen-bond acceptors (Lipinski definition) is 6. The molecule has 0 aromatic heterocycles. The number of halogens is 4. The van der Waals surface area contributed by atoms with Crippen LogP contribution in [0.15, 0.2) is 35.2 Å². The maximum absolute atomic E-state index is 12.6. The number of ether oxygens (including phenoxy) is 2. The zero-order valence-corrected chi connectivity index (χ0v) is 20.5. The van der Waals surface area contributed by atoms with Crippen LogP contribution in [0.4, 0.5) is 4.79 Å². The zero-order chi connectivity index (χ0) is 23.6. The lowest BCUT2D eigenvalue weighted by atomic mass is 10.2. The van der Waals surface area contributed by atoms with Crippen molar-refractivity contribution >= 4 is 81.4 Å². The molecular formula is C21H15Cl4NO5S. The summed E-state index contributed by atoms with van der Waals surface area (Å²) in [4.78, 5) is 37.6. The maximum atomic E-state index is 12.6. The molecule has 0 radical (unpaired) electrons. The maximum Gasteiger partial charge on any atom is 0.328 e. The van der Waals surface area contributed by atoms with Crippen LogP contribution < -0.4 is 4.74 Å². The second kappa shape index (κ2) is 10.4. The van der Waals surface area contributed by atoms with Crippen molar-refractivity contribution in [2.45, 2.75) is 19.6 Å². The molecule has 6 nitrogen and oxygen atoms in total. The van der Waals surface area contributed by atoms with Gasteiger partial charge < -0.3 is 9.47 Å². The SMILES string of the molecule is COC(=O)[C@H](C)N1C(=O)S/C(=C/c2cc(Cl)c(OCc3ccc(Cl)c(Cl)c3)c(Cl)c2)C1=O. The third kappa shape index (κ3) is 5.35. The molecule has 11 heteroatoms. The molecule has 1 heterocycles. The number of nitrogens with zero attached hydrogens (tertiary/aromatic N) is 1. The number of thioether (sulfide) groups is 1. The van der Waals surface area contributed by atoms with E-state index in [0.717, 1.165) is 10.5 Å². The summed E-state index contributed by atoms with van der Waals surface area (Å²) in [6.07, 6.45) is 1.47. The predicted octanol–water partition coefficient (Wildman–Crippen LogP) is 6.48. The molecule has 1 saturated heterocycles. The van der Waals surface area contributed by atoms with E-state index in [4.69, 9.17) is 51.1 Å². The zero-order valence-electron chi connectivity index (χ0n) is 16.7. The Kier molecular flexibility index (Phi) is 8.01. The lowest BCUT2D eigenvalue weighted by Crippen LogP contribution is -2.42. The van der Waals surface area contributed by atoms with E-state index in [1.807, 2.05) is 0 Å². The summed E-state index contributed by atoms with van der Waals surface area (Å²) in [6.45, 7) is 1.57. The van der Waals surface area contributed by atoms with Crippen molar-refractivity contribution in [3.05, 3.63) is 66.5 Å². The van der Waals surface area contributed by atoms with Gasteiger partial charge in [0.05, 0.1) is 32.1 Å². The fraction of sp³-hybridized carbons (Fsp3) is 0.190. The highest BCUT2D eigenvalue weighted by atomic mass is 35.5. The Bertz CT molecular complexity index is 1110. The third-order valence-electron chi connectivity index (χ3n) is 4.44. The van der Waals surface area contributed by atoms with Gasteiger partial charge in [-0.2, -0.15) is 0 Å². The fourth-order valence-corrected chi connectivity index (χ4v) is 4.67. The highest BCUT2D eigenvalue weighted by molar-refractivity contribution is 8.18. The molecule has 0 aliphatic carbocycles. The van der Waals surface area contributed by atoms with E-state index in [1.165, 1.54) is 20.1 Å². The van der Waals surface area contributed by atoms with Crippen LogP contribution in [-0.4, -0.2) is 35.2 Å². The van der Waals surface area contributed by atoms with Gasteiger partial charge in [0.1, 0.15) is 12.6 Å². The fourth-order valence-electron chi connectivity index (χ4n) is 2.83. The molecule has 0 spiro atoms. The van der Waals surface area contributed by atoms with E-state index in [-0.39, 0.29) is 27.3 Å². The number of rotatable bonds is 6. The monoisotopic (exact) mass is 533 g/mol. The number of amides is 2. The molecule has 3 rings (SSSR count). The van der Waals surface area contributed by atoms with Crippen LogP contribution in [0, 0.1) is 0 Å². The second-order valence-corrected chi connectivity index (χ2v) is 9.22. The van der Waals surface area contributed by atoms with Crippen LogP contribution in [0.1, 0.15) is 18.1 Å². The molecule has 0 unspecified atom stereocenters. The van der Waals surface area contributed by atoms with Crippen molar-refractivity contribution in [3.8, 4) is 5.75 Å². The summed E-state index contributed by atoms with van der Waals surface area (Å²) >= 11 is 25.3. The minimum atomic E-state index is -1.04. The number of carbonyl (C=O) groups excluding carboxylic acids is 3. The minimum Gasteiger partial charge on any atom is -0.486 e. The van der Waals surface area contributed by atoms with E-state index >= 15 is 0 Å². The van der Waals surface area contributed by atoms with Gasteiger partial charge in [0.2, 0.25) is 0 Å². The smallest absolute Gasteiger partial charge is 0.328 e. The molecule has 1 atom stereocenters. The molecule has 2 amide bonds. The van der Waals surface area contributed by atoms with Gasteiger partial charge in [0.25, 0.3) is 11.1 Å². The molecule has 2 aromatic rings. The molecule has 0 N–H and O–H groups in total. The number of esters is 1. The van der Waals surface area contributed by atoms with Crippen LogP contribution in [0.25, 0.3) is 6.08 Å². The van der Waals surface area contributed by atoms with Gasteiger partial charge in [-0.25, -0.2) is 4.79 Å². The van der Waals surface area contributed by atoms with Gasteiger partial charge >= 0.3 is 5.97 Å². The van der Waals surface area contributed by atoms with E-state index in [2.05, 4.69) is 4.74 Å². The van der Waals surface area contributed by atoms with Crippen molar-refractivity contribution in [1.82, 2.24) is 4.90 Å². The molecule has 1 fully saturated rings. The molecule has 0 bridgehead atoms. The summed E-state index contributed by atoms with van der Waals surface area (Å²) < 4.78 is 10.3. The average Bonchev–Trinajstić information content (AvgIpc) is 3.01.